The monoisotopic (exact) mass is 563 g/mol. The molecule has 2 aromatic carbocycles. The zero-order valence-corrected chi connectivity index (χ0v) is 22.0. The van der Waals surface area contributed by atoms with E-state index < -0.39 is 66.3 Å². The fraction of sp³-hybridized carbons (Fsp3) is 0.296. The summed E-state index contributed by atoms with van der Waals surface area (Å²) < 4.78 is 23.6. The lowest BCUT2D eigenvalue weighted by Crippen LogP contribution is -2.51. The van der Waals surface area contributed by atoms with E-state index >= 15 is 0 Å². The van der Waals surface area contributed by atoms with E-state index in [0.717, 1.165) is 11.5 Å². The highest BCUT2D eigenvalue weighted by molar-refractivity contribution is 5.90. The Hall–Kier alpha value is -5.20. The lowest BCUT2D eigenvalue weighted by molar-refractivity contribution is -0.157. The number of esters is 3. The van der Waals surface area contributed by atoms with E-state index in [2.05, 4.69) is 15.0 Å². The first-order chi connectivity index (χ1) is 19.6. The van der Waals surface area contributed by atoms with Crippen molar-refractivity contribution in [3.8, 4) is 0 Å². The van der Waals surface area contributed by atoms with Crippen molar-refractivity contribution in [1.29, 1.82) is 0 Å². The Balaban J connectivity index is 1.78. The lowest BCUT2D eigenvalue weighted by Gasteiger charge is -2.31. The van der Waals surface area contributed by atoms with Crippen LogP contribution in [0.25, 0.3) is 10.4 Å². The summed E-state index contributed by atoms with van der Waals surface area (Å²) in [5, 5.41) is 3.77. The Morgan fingerprint density at radius 3 is 2.02 bits per heavy atom. The quantitative estimate of drug-likeness (QED) is 0.134. The number of nitrogens with one attached hydrogen (secondary N) is 1. The zero-order chi connectivity index (χ0) is 29.6. The van der Waals surface area contributed by atoms with Crippen LogP contribution in [0.5, 0.6) is 0 Å². The van der Waals surface area contributed by atoms with E-state index in [9.17, 15) is 29.5 Å². The average Bonchev–Trinajstić information content (AvgIpc) is 3.25. The van der Waals surface area contributed by atoms with Crippen LogP contribution in [0.1, 0.15) is 39.4 Å². The second-order valence-electron chi connectivity index (χ2n) is 9.16. The van der Waals surface area contributed by atoms with Crippen LogP contribution < -0.4 is 11.2 Å². The molecule has 3 aromatic rings. The van der Waals surface area contributed by atoms with Crippen LogP contribution in [-0.4, -0.2) is 58.4 Å². The maximum Gasteiger partial charge on any atom is 0.338 e. The number of H-pyrrole nitrogens is 1. The molecule has 0 amide bonds. The summed E-state index contributed by atoms with van der Waals surface area (Å²) in [6, 6.07) is 14.5. The molecular weight excluding hydrogens is 538 g/mol. The third kappa shape index (κ3) is 6.35. The molecule has 1 aliphatic rings. The molecule has 1 aromatic heterocycles. The predicted octanol–water partition coefficient (Wildman–Crippen LogP) is 2.44. The summed E-state index contributed by atoms with van der Waals surface area (Å²) >= 11 is 0. The van der Waals surface area contributed by atoms with Gasteiger partial charge in [0.25, 0.3) is 5.56 Å². The van der Waals surface area contributed by atoms with Crippen molar-refractivity contribution >= 4 is 17.9 Å². The highest BCUT2D eigenvalue weighted by atomic mass is 16.6. The van der Waals surface area contributed by atoms with Crippen molar-refractivity contribution in [2.75, 3.05) is 13.2 Å². The maximum absolute atomic E-state index is 12.8. The number of azide groups is 1. The Bertz CT molecular complexity index is 1540. The summed E-state index contributed by atoms with van der Waals surface area (Å²) in [4.78, 5) is 67.6. The molecule has 4 rings (SSSR count). The van der Waals surface area contributed by atoms with Crippen molar-refractivity contribution in [3.63, 3.8) is 0 Å². The first-order valence-corrected chi connectivity index (χ1v) is 12.3. The number of aromatic amines is 1. The van der Waals surface area contributed by atoms with Crippen LogP contribution in [0.2, 0.25) is 0 Å². The van der Waals surface area contributed by atoms with Crippen molar-refractivity contribution in [2.24, 2.45) is 5.11 Å². The van der Waals surface area contributed by atoms with Crippen molar-refractivity contribution in [2.45, 2.75) is 37.8 Å². The number of aryl methyl sites for hydroxylation is 1. The molecule has 41 heavy (non-hydrogen) atoms. The van der Waals surface area contributed by atoms with Gasteiger partial charge in [-0.1, -0.05) is 41.5 Å². The molecule has 0 aliphatic carbocycles. The van der Waals surface area contributed by atoms with Gasteiger partial charge in [-0.15, -0.1) is 0 Å². The van der Waals surface area contributed by atoms with Crippen LogP contribution in [-0.2, 0) is 23.7 Å². The number of hydrogen-bond acceptors (Lipinski definition) is 10. The number of aromatic nitrogens is 2. The Morgan fingerprint density at radius 1 is 1.00 bits per heavy atom. The van der Waals surface area contributed by atoms with E-state index in [1.807, 2.05) is 0 Å². The zero-order valence-electron chi connectivity index (χ0n) is 22.0. The standard InChI is InChI=1S/C27H25N5O9/c1-16-13-32(26(37)29-22(16)34)23-20(40-17(2)33)21(30-31-28)27(41-23,14-38-24(35)18-9-5-3-6-10-18)15-39-25(36)19-11-7-4-8-12-19/h3-13,20-21,23H,14-15H2,1-2H3,(H,29,34,37)/t20-,21+,23-/m1/s1. The Kier molecular flexibility index (Phi) is 8.66. The number of carbonyl (C=O) groups is 3. The number of carbonyl (C=O) groups excluding carboxylic acids is 3. The number of nitrogens with zero attached hydrogens (tertiary/aromatic N) is 4. The third-order valence-corrected chi connectivity index (χ3v) is 6.30. The van der Waals surface area contributed by atoms with Gasteiger partial charge in [0.15, 0.2) is 17.9 Å². The van der Waals surface area contributed by atoms with Gasteiger partial charge >= 0.3 is 23.6 Å². The van der Waals surface area contributed by atoms with Crippen LogP contribution in [0.15, 0.2) is 81.6 Å². The molecule has 0 spiro atoms. The summed E-state index contributed by atoms with van der Waals surface area (Å²) in [5.74, 6) is -2.35. The van der Waals surface area contributed by atoms with E-state index in [-0.39, 0.29) is 16.7 Å². The molecule has 1 aliphatic heterocycles. The van der Waals surface area contributed by atoms with Crippen LogP contribution >= 0.6 is 0 Å². The number of hydrogen-bond donors (Lipinski definition) is 1. The highest BCUT2D eigenvalue weighted by Gasteiger charge is 2.59. The molecule has 0 bridgehead atoms. The molecule has 3 atom stereocenters. The molecule has 14 nitrogen and oxygen atoms in total. The van der Waals surface area contributed by atoms with Crippen LogP contribution in [0.3, 0.4) is 0 Å². The van der Waals surface area contributed by atoms with Gasteiger partial charge in [0, 0.05) is 23.6 Å². The smallest absolute Gasteiger partial charge is 0.338 e. The molecule has 14 heteroatoms. The highest BCUT2D eigenvalue weighted by Crippen LogP contribution is 2.41. The Morgan fingerprint density at radius 2 is 1.54 bits per heavy atom. The molecule has 2 heterocycles. The number of rotatable bonds is 9. The van der Waals surface area contributed by atoms with E-state index in [4.69, 9.17) is 18.9 Å². The van der Waals surface area contributed by atoms with Gasteiger partial charge in [-0.3, -0.25) is 19.1 Å². The van der Waals surface area contributed by atoms with Gasteiger partial charge in [0.1, 0.15) is 19.3 Å². The van der Waals surface area contributed by atoms with Crippen molar-refractivity contribution < 1.29 is 33.3 Å². The van der Waals surface area contributed by atoms with Gasteiger partial charge in [-0.25, -0.2) is 14.4 Å². The molecule has 1 saturated heterocycles. The summed E-state index contributed by atoms with van der Waals surface area (Å²) in [6.45, 7) is 1.25. The largest absolute Gasteiger partial charge is 0.459 e. The molecule has 0 unspecified atom stereocenters. The fourth-order valence-corrected chi connectivity index (χ4v) is 4.33. The van der Waals surface area contributed by atoms with Gasteiger partial charge in [0.2, 0.25) is 0 Å². The molecular formula is C27H25N5O9. The van der Waals surface area contributed by atoms with Gasteiger partial charge in [0.05, 0.1) is 11.1 Å². The predicted molar refractivity (Wildman–Crippen MR) is 141 cm³/mol. The second kappa shape index (κ2) is 12.3. The minimum Gasteiger partial charge on any atom is -0.459 e. The molecule has 1 N–H and O–H groups in total. The van der Waals surface area contributed by atoms with Crippen LogP contribution in [0, 0.1) is 6.92 Å². The van der Waals surface area contributed by atoms with E-state index in [1.165, 1.54) is 37.4 Å². The molecule has 0 saturated carbocycles. The summed E-state index contributed by atoms with van der Waals surface area (Å²) in [6.07, 6.45) is -1.77. The first-order valence-electron chi connectivity index (χ1n) is 12.3. The summed E-state index contributed by atoms with van der Waals surface area (Å²) in [7, 11) is 0. The minimum atomic E-state index is -1.94. The maximum atomic E-state index is 12.8. The molecule has 212 valence electrons. The third-order valence-electron chi connectivity index (χ3n) is 6.30. The van der Waals surface area contributed by atoms with Gasteiger partial charge < -0.3 is 18.9 Å². The molecule has 1 fully saturated rings. The van der Waals surface area contributed by atoms with Crippen molar-refractivity contribution in [1.82, 2.24) is 9.55 Å². The lowest BCUT2D eigenvalue weighted by atomic mass is 9.94. The SMILES string of the molecule is CC(=O)O[C@H]1[C@H](n2cc(C)c(=O)[nH]c2=O)OC(COC(=O)c2ccccc2)(COC(=O)c2ccccc2)[C@H]1N=[N+]=[N-]. The average molecular weight is 564 g/mol. The van der Waals surface area contributed by atoms with Gasteiger partial charge in [-0.2, -0.15) is 0 Å². The minimum absolute atomic E-state index is 0.124. The van der Waals surface area contributed by atoms with Crippen molar-refractivity contribution in [3.05, 3.63) is 115 Å². The number of ether oxygens (including phenoxy) is 4. The Labute approximate surface area is 232 Å². The normalized spacial score (nSPS) is 19.0. The topological polar surface area (TPSA) is 192 Å². The van der Waals surface area contributed by atoms with E-state index in [0.29, 0.717) is 0 Å². The van der Waals surface area contributed by atoms with E-state index in [1.54, 1.807) is 36.4 Å². The second-order valence-corrected chi connectivity index (χ2v) is 9.16. The number of benzene rings is 2. The first kappa shape index (κ1) is 28.8. The summed E-state index contributed by atoms with van der Waals surface area (Å²) in [5.41, 5.74) is 6.46. The fourth-order valence-electron chi connectivity index (χ4n) is 4.33. The molecule has 0 radical (unpaired) electrons. The van der Waals surface area contributed by atoms with Gasteiger partial charge in [-0.05, 0) is 36.7 Å². The van der Waals surface area contributed by atoms with Crippen LogP contribution in [0.4, 0.5) is 0 Å².